The molecule has 2 atom stereocenters. The number of hydrogen-bond acceptors (Lipinski definition) is 3. The predicted molar refractivity (Wildman–Crippen MR) is 41.4 cm³/mol. The summed E-state index contributed by atoms with van der Waals surface area (Å²) in [5.74, 6) is -0.892. The van der Waals surface area contributed by atoms with E-state index in [-0.39, 0.29) is 12.6 Å². The van der Waals surface area contributed by atoms with Gasteiger partial charge in [0.1, 0.15) is 6.04 Å². The van der Waals surface area contributed by atoms with Gasteiger partial charge in [0.25, 0.3) is 0 Å². The summed E-state index contributed by atoms with van der Waals surface area (Å²) < 4.78 is 0. The summed E-state index contributed by atoms with van der Waals surface area (Å²) in [5, 5.41) is 19.9. The van der Waals surface area contributed by atoms with E-state index >= 15 is 0 Å². The van der Waals surface area contributed by atoms with Crippen molar-refractivity contribution in [2.24, 2.45) is 0 Å². The Kier molecular flexibility index (Phi) is 4.81. The second-order valence-corrected chi connectivity index (χ2v) is 2.51. The number of hydrogen-bond donors (Lipinski definition) is 3. The summed E-state index contributed by atoms with van der Waals surface area (Å²) in [6.45, 7) is 3.43. The molecule has 1 unspecified atom stereocenters. The molecule has 0 amide bonds. The zero-order valence-electron chi connectivity index (χ0n) is 6.87. The number of carbonyl (C=O) groups is 1. The predicted octanol–water partition coefficient (Wildman–Crippen LogP) is -0.180. The molecule has 0 saturated heterocycles. The molecule has 66 valence electrons. The molecule has 0 aliphatic rings. The van der Waals surface area contributed by atoms with E-state index in [4.69, 9.17) is 10.2 Å². The molecule has 0 heterocycles. The zero-order chi connectivity index (χ0) is 8.85. The van der Waals surface area contributed by atoms with Crippen molar-refractivity contribution in [2.45, 2.75) is 32.4 Å². The molecule has 0 spiro atoms. The summed E-state index contributed by atoms with van der Waals surface area (Å²) in [7, 11) is 0. The Balaban J connectivity index is 3.71. The standard InChI is InChI=1S/C7H15NO3/c1-3-6(4-9)8-5(2)7(10)11/h5-6,8-9H,3-4H2,1-2H3,(H,10,11)/t5?,6-/m0/s1. The van der Waals surface area contributed by atoms with Crippen molar-refractivity contribution in [1.29, 1.82) is 0 Å². The second-order valence-electron chi connectivity index (χ2n) is 2.51. The Bertz CT molecular complexity index is 123. The third-order valence-corrected chi connectivity index (χ3v) is 1.57. The number of nitrogens with one attached hydrogen (secondary N) is 1. The van der Waals surface area contributed by atoms with Gasteiger partial charge < -0.3 is 10.2 Å². The SMILES string of the molecule is CC[C@@H](CO)NC(C)C(=O)O. The van der Waals surface area contributed by atoms with Crippen LogP contribution in [0.25, 0.3) is 0 Å². The van der Waals surface area contributed by atoms with Crippen molar-refractivity contribution in [1.82, 2.24) is 5.32 Å². The largest absolute Gasteiger partial charge is 0.480 e. The molecule has 3 N–H and O–H groups in total. The number of aliphatic hydroxyl groups excluding tert-OH is 1. The van der Waals surface area contributed by atoms with Crippen molar-refractivity contribution >= 4 is 5.97 Å². The quantitative estimate of drug-likeness (QED) is 0.523. The van der Waals surface area contributed by atoms with Crippen LogP contribution < -0.4 is 5.32 Å². The van der Waals surface area contributed by atoms with Crippen LogP contribution in [0.4, 0.5) is 0 Å². The van der Waals surface area contributed by atoms with E-state index in [1.54, 1.807) is 6.92 Å². The smallest absolute Gasteiger partial charge is 0.320 e. The molecule has 4 heteroatoms. The highest BCUT2D eigenvalue weighted by Crippen LogP contribution is 1.92. The first-order valence-electron chi connectivity index (χ1n) is 3.71. The van der Waals surface area contributed by atoms with Crippen molar-refractivity contribution in [2.75, 3.05) is 6.61 Å². The Morgan fingerprint density at radius 2 is 2.18 bits per heavy atom. The molecule has 4 nitrogen and oxygen atoms in total. The normalized spacial score (nSPS) is 15.9. The number of carboxylic acid groups (broad SMARTS) is 1. The van der Waals surface area contributed by atoms with Gasteiger partial charge in [-0.2, -0.15) is 0 Å². The highest BCUT2D eigenvalue weighted by atomic mass is 16.4. The lowest BCUT2D eigenvalue weighted by atomic mass is 10.2. The van der Waals surface area contributed by atoms with Crippen LogP contribution in [0.15, 0.2) is 0 Å². The molecule has 0 saturated carbocycles. The lowest BCUT2D eigenvalue weighted by Crippen LogP contribution is -2.42. The van der Waals surface area contributed by atoms with Gasteiger partial charge in [0.15, 0.2) is 0 Å². The summed E-state index contributed by atoms with van der Waals surface area (Å²) >= 11 is 0. The van der Waals surface area contributed by atoms with E-state index in [2.05, 4.69) is 5.32 Å². The van der Waals surface area contributed by atoms with Gasteiger partial charge in [-0.15, -0.1) is 0 Å². The van der Waals surface area contributed by atoms with Crippen molar-refractivity contribution < 1.29 is 15.0 Å². The van der Waals surface area contributed by atoms with Gasteiger partial charge >= 0.3 is 5.97 Å². The minimum absolute atomic E-state index is 0.0197. The first kappa shape index (κ1) is 10.4. The van der Waals surface area contributed by atoms with Crippen LogP contribution in [0, 0.1) is 0 Å². The lowest BCUT2D eigenvalue weighted by Gasteiger charge is -2.16. The van der Waals surface area contributed by atoms with Crippen LogP contribution in [-0.4, -0.2) is 34.9 Å². The maximum absolute atomic E-state index is 10.3. The molecule has 0 rings (SSSR count). The fraction of sp³-hybridized carbons (Fsp3) is 0.857. The van der Waals surface area contributed by atoms with Crippen molar-refractivity contribution in [3.8, 4) is 0 Å². The molecule has 0 aromatic heterocycles. The van der Waals surface area contributed by atoms with E-state index < -0.39 is 12.0 Å². The molecule has 0 fully saturated rings. The van der Waals surface area contributed by atoms with Gasteiger partial charge in [-0.1, -0.05) is 6.92 Å². The van der Waals surface area contributed by atoms with E-state index in [0.717, 1.165) is 6.42 Å². The first-order chi connectivity index (χ1) is 5.11. The van der Waals surface area contributed by atoms with Crippen LogP contribution in [-0.2, 0) is 4.79 Å². The van der Waals surface area contributed by atoms with Crippen molar-refractivity contribution in [3.63, 3.8) is 0 Å². The molecule has 0 aromatic rings. The van der Waals surface area contributed by atoms with E-state index in [1.807, 2.05) is 6.92 Å². The Morgan fingerprint density at radius 1 is 1.64 bits per heavy atom. The highest BCUT2D eigenvalue weighted by Gasteiger charge is 2.14. The highest BCUT2D eigenvalue weighted by molar-refractivity contribution is 5.72. The topological polar surface area (TPSA) is 69.6 Å². The third-order valence-electron chi connectivity index (χ3n) is 1.57. The molecule has 11 heavy (non-hydrogen) atoms. The maximum atomic E-state index is 10.3. The third kappa shape index (κ3) is 3.95. The Labute approximate surface area is 66.2 Å². The average molecular weight is 161 g/mol. The van der Waals surface area contributed by atoms with E-state index in [1.165, 1.54) is 0 Å². The van der Waals surface area contributed by atoms with Crippen LogP contribution in [0.5, 0.6) is 0 Å². The fourth-order valence-corrected chi connectivity index (χ4v) is 0.724. The number of aliphatic carboxylic acids is 1. The maximum Gasteiger partial charge on any atom is 0.320 e. The molecule has 0 aliphatic carbocycles. The monoisotopic (exact) mass is 161 g/mol. The number of rotatable bonds is 5. The van der Waals surface area contributed by atoms with Crippen LogP contribution in [0.3, 0.4) is 0 Å². The van der Waals surface area contributed by atoms with Crippen LogP contribution >= 0.6 is 0 Å². The molecular weight excluding hydrogens is 146 g/mol. The second kappa shape index (κ2) is 5.09. The van der Waals surface area contributed by atoms with Gasteiger partial charge in [-0.3, -0.25) is 10.1 Å². The molecule has 0 aliphatic heterocycles. The summed E-state index contributed by atoms with van der Waals surface area (Å²) in [6.07, 6.45) is 0.730. The summed E-state index contributed by atoms with van der Waals surface area (Å²) in [6, 6.07) is -0.701. The molecule has 0 radical (unpaired) electrons. The van der Waals surface area contributed by atoms with Crippen LogP contribution in [0.1, 0.15) is 20.3 Å². The first-order valence-corrected chi connectivity index (χ1v) is 3.71. The molecule has 0 bridgehead atoms. The minimum Gasteiger partial charge on any atom is -0.480 e. The van der Waals surface area contributed by atoms with Gasteiger partial charge in [-0.05, 0) is 13.3 Å². The number of carboxylic acids is 1. The minimum atomic E-state index is -0.892. The Hall–Kier alpha value is -0.610. The zero-order valence-corrected chi connectivity index (χ0v) is 6.87. The summed E-state index contributed by atoms with van der Waals surface area (Å²) in [4.78, 5) is 10.3. The van der Waals surface area contributed by atoms with Crippen molar-refractivity contribution in [3.05, 3.63) is 0 Å². The fourth-order valence-electron chi connectivity index (χ4n) is 0.724. The van der Waals surface area contributed by atoms with Gasteiger partial charge in [0.05, 0.1) is 6.61 Å². The Morgan fingerprint density at radius 3 is 2.45 bits per heavy atom. The van der Waals surface area contributed by atoms with Gasteiger partial charge in [-0.25, -0.2) is 0 Å². The van der Waals surface area contributed by atoms with E-state index in [9.17, 15) is 4.79 Å². The lowest BCUT2D eigenvalue weighted by molar-refractivity contribution is -0.139. The van der Waals surface area contributed by atoms with Crippen LogP contribution in [0.2, 0.25) is 0 Å². The summed E-state index contributed by atoms with van der Waals surface area (Å²) in [5.41, 5.74) is 0. The van der Waals surface area contributed by atoms with Gasteiger partial charge in [0.2, 0.25) is 0 Å². The number of aliphatic hydroxyl groups is 1. The molecular formula is C7H15NO3. The van der Waals surface area contributed by atoms with Gasteiger partial charge in [0, 0.05) is 6.04 Å². The average Bonchev–Trinajstić information content (AvgIpc) is 1.99. The van der Waals surface area contributed by atoms with E-state index in [0.29, 0.717) is 0 Å². The molecule has 0 aromatic carbocycles.